The number of carbonyl (C=O) groups excluding carboxylic acids is 1. The highest BCUT2D eigenvalue weighted by Crippen LogP contribution is 2.47. The molecule has 6 rings (SSSR count). The van der Waals surface area contributed by atoms with Gasteiger partial charge in [-0.2, -0.15) is 13.2 Å². The third-order valence-corrected chi connectivity index (χ3v) is 8.06. The highest BCUT2D eigenvalue weighted by molar-refractivity contribution is 5.75. The van der Waals surface area contributed by atoms with E-state index in [1.165, 1.54) is 13.2 Å². The highest BCUT2D eigenvalue weighted by atomic mass is 19.4. The fourth-order valence-corrected chi connectivity index (χ4v) is 5.99. The van der Waals surface area contributed by atoms with Crippen LogP contribution in [0.5, 0.6) is 17.2 Å². The summed E-state index contributed by atoms with van der Waals surface area (Å²) in [6.45, 7) is 1.67. The molecule has 216 valence electrons. The number of hydrogen-bond acceptors (Lipinski definition) is 6. The molecule has 1 fully saturated rings. The standard InChI is InChI=1S/C32H31F3O6/c1-37-30(36)16-20-18-39-29-17-23(6-7-24(20)29)41-28-11-9-26-25(28)8-10-27(32(33,34)35)31(26)19-2-4-21(5-3-19)40-22-12-14-38-15-13-22/h2-8,10,17,20,22,28H,9,11-16,18H2,1H3/t20-,28-/m1/s1. The number of esters is 1. The van der Waals surface area contributed by atoms with Crippen LogP contribution < -0.4 is 14.2 Å². The van der Waals surface area contributed by atoms with E-state index in [0.29, 0.717) is 61.0 Å². The van der Waals surface area contributed by atoms with Crippen molar-refractivity contribution in [2.45, 2.75) is 56.4 Å². The molecule has 3 aromatic rings. The molecule has 9 heteroatoms. The number of benzene rings is 3. The highest BCUT2D eigenvalue weighted by Gasteiger charge is 2.38. The van der Waals surface area contributed by atoms with Gasteiger partial charge in [0.05, 0.1) is 38.9 Å². The monoisotopic (exact) mass is 568 g/mol. The molecule has 2 aliphatic heterocycles. The SMILES string of the molecule is COC(=O)C[C@@H]1COc2cc(O[C@@H]3CCc4c3ccc(C(F)(F)F)c4-c3ccc(OC4CCOCC4)cc3)ccc21. The van der Waals surface area contributed by atoms with Crippen LogP contribution in [0.15, 0.2) is 54.6 Å². The minimum Gasteiger partial charge on any atom is -0.492 e. The molecular formula is C32H31F3O6. The van der Waals surface area contributed by atoms with Crippen LogP contribution in [0.3, 0.4) is 0 Å². The summed E-state index contributed by atoms with van der Waals surface area (Å²) < 4.78 is 70.8. The van der Waals surface area contributed by atoms with Crippen LogP contribution >= 0.6 is 0 Å². The molecule has 1 aliphatic carbocycles. The fraction of sp³-hybridized carbons (Fsp3) is 0.406. The molecule has 2 heterocycles. The third-order valence-electron chi connectivity index (χ3n) is 8.06. The van der Waals surface area contributed by atoms with Gasteiger partial charge >= 0.3 is 12.1 Å². The predicted octanol–water partition coefficient (Wildman–Crippen LogP) is 7.04. The van der Waals surface area contributed by atoms with E-state index >= 15 is 0 Å². The molecule has 0 aromatic heterocycles. The van der Waals surface area contributed by atoms with E-state index in [4.69, 9.17) is 23.7 Å². The second-order valence-electron chi connectivity index (χ2n) is 10.6. The summed E-state index contributed by atoms with van der Waals surface area (Å²) in [7, 11) is 1.36. The number of methoxy groups -OCH3 is 1. The number of rotatable bonds is 7. The third kappa shape index (κ3) is 5.73. The lowest BCUT2D eigenvalue weighted by Gasteiger charge is -2.23. The number of halogens is 3. The van der Waals surface area contributed by atoms with Crippen molar-refractivity contribution in [3.05, 3.63) is 76.9 Å². The van der Waals surface area contributed by atoms with E-state index in [2.05, 4.69) is 0 Å². The van der Waals surface area contributed by atoms with Gasteiger partial charge in [0.1, 0.15) is 29.5 Å². The van der Waals surface area contributed by atoms with Crippen LogP contribution in [-0.2, 0) is 26.9 Å². The van der Waals surface area contributed by atoms with Gasteiger partial charge in [0.15, 0.2) is 0 Å². The van der Waals surface area contributed by atoms with Crippen molar-refractivity contribution in [2.75, 3.05) is 26.9 Å². The summed E-state index contributed by atoms with van der Waals surface area (Å²) in [5.41, 5.74) is 2.35. The van der Waals surface area contributed by atoms with Crippen LogP contribution in [-0.4, -0.2) is 39.0 Å². The van der Waals surface area contributed by atoms with Crippen molar-refractivity contribution in [1.82, 2.24) is 0 Å². The maximum atomic E-state index is 14.2. The molecule has 2 atom stereocenters. The zero-order valence-corrected chi connectivity index (χ0v) is 22.7. The van der Waals surface area contributed by atoms with Gasteiger partial charge in [-0.1, -0.05) is 24.3 Å². The average Bonchev–Trinajstić information content (AvgIpc) is 3.56. The lowest BCUT2D eigenvalue weighted by atomic mass is 9.91. The molecule has 0 amide bonds. The first-order chi connectivity index (χ1) is 19.8. The summed E-state index contributed by atoms with van der Waals surface area (Å²) in [6, 6.07) is 15.1. The number of ether oxygens (including phenoxy) is 5. The van der Waals surface area contributed by atoms with Crippen molar-refractivity contribution >= 4 is 5.97 Å². The Labute approximate surface area is 236 Å². The second-order valence-corrected chi connectivity index (χ2v) is 10.6. The van der Waals surface area contributed by atoms with Gasteiger partial charge in [-0.25, -0.2) is 0 Å². The maximum Gasteiger partial charge on any atom is 0.417 e. The van der Waals surface area contributed by atoms with E-state index in [1.807, 2.05) is 12.1 Å². The van der Waals surface area contributed by atoms with Gasteiger partial charge in [-0.3, -0.25) is 4.79 Å². The molecule has 1 saturated heterocycles. The van der Waals surface area contributed by atoms with Crippen molar-refractivity contribution in [3.63, 3.8) is 0 Å². The number of hydrogen-bond donors (Lipinski definition) is 0. The van der Waals surface area contributed by atoms with Gasteiger partial charge < -0.3 is 23.7 Å². The molecule has 0 N–H and O–H groups in total. The van der Waals surface area contributed by atoms with Gasteiger partial charge in [0.25, 0.3) is 0 Å². The minimum atomic E-state index is -4.50. The zero-order chi connectivity index (χ0) is 28.6. The Hall–Kier alpha value is -3.72. The number of carbonyl (C=O) groups is 1. The quantitative estimate of drug-likeness (QED) is 0.285. The zero-order valence-electron chi connectivity index (χ0n) is 22.7. The van der Waals surface area contributed by atoms with Crippen LogP contribution in [0.1, 0.15) is 60.0 Å². The summed E-state index contributed by atoms with van der Waals surface area (Å²) >= 11 is 0. The topological polar surface area (TPSA) is 63.2 Å². The van der Waals surface area contributed by atoms with E-state index in [9.17, 15) is 18.0 Å². The number of fused-ring (bicyclic) bond motifs is 2. The average molecular weight is 569 g/mol. The van der Waals surface area contributed by atoms with Crippen molar-refractivity contribution in [1.29, 1.82) is 0 Å². The Bertz CT molecular complexity index is 1410. The van der Waals surface area contributed by atoms with Gasteiger partial charge in [0, 0.05) is 30.4 Å². The smallest absolute Gasteiger partial charge is 0.417 e. The van der Waals surface area contributed by atoms with E-state index in [-0.39, 0.29) is 30.0 Å². The predicted molar refractivity (Wildman–Crippen MR) is 144 cm³/mol. The molecular weight excluding hydrogens is 537 g/mol. The largest absolute Gasteiger partial charge is 0.492 e. The lowest BCUT2D eigenvalue weighted by molar-refractivity contribution is -0.141. The Morgan fingerprint density at radius 3 is 2.39 bits per heavy atom. The fourth-order valence-electron chi connectivity index (χ4n) is 5.99. The molecule has 6 nitrogen and oxygen atoms in total. The molecule has 0 radical (unpaired) electrons. The minimum absolute atomic E-state index is 0.0440. The first-order valence-electron chi connectivity index (χ1n) is 13.9. The van der Waals surface area contributed by atoms with Crippen molar-refractivity contribution in [3.8, 4) is 28.4 Å². The lowest BCUT2D eigenvalue weighted by Crippen LogP contribution is -2.25. The molecule has 0 unspecified atom stereocenters. The molecule has 0 saturated carbocycles. The molecule has 41 heavy (non-hydrogen) atoms. The van der Waals surface area contributed by atoms with Crippen molar-refractivity contribution < 1.29 is 41.7 Å². The molecule has 3 aliphatic rings. The van der Waals surface area contributed by atoms with E-state index in [1.54, 1.807) is 30.3 Å². The Balaban J connectivity index is 1.25. The molecule has 0 spiro atoms. The van der Waals surface area contributed by atoms with Gasteiger partial charge in [-0.05, 0) is 59.4 Å². The summed E-state index contributed by atoms with van der Waals surface area (Å²) in [6.07, 6.45) is -2.03. The Morgan fingerprint density at radius 2 is 1.66 bits per heavy atom. The number of alkyl halides is 3. The summed E-state index contributed by atoms with van der Waals surface area (Å²) in [5, 5.41) is 0. The Morgan fingerprint density at radius 1 is 0.927 bits per heavy atom. The second kappa shape index (κ2) is 11.3. The van der Waals surface area contributed by atoms with Crippen LogP contribution in [0.2, 0.25) is 0 Å². The van der Waals surface area contributed by atoms with Crippen LogP contribution in [0.4, 0.5) is 13.2 Å². The Kier molecular flexibility index (Phi) is 7.55. The van der Waals surface area contributed by atoms with Gasteiger partial charge in [0.2, 0.25) is 0 Å². The van der Waals surface area contributed by atoms with Gasteiger partial charge in [-0.15, -0.1) is 0 Å². The molecule has 0 bridgehead atoms. The first kappa shape index (κ1) is 27.4. The van der Waals surface area contributed by atoms with Crippen LogP contribution in [0, 0.1) is 0 Å². The normalized spacial score (nSPS) is 20.2. The molecule has 3 aromatic carbocycles. The maximum absolute atomic E-state index is 14.2. The van der Waals surface area contributed by atoms with E-state index in [0.717, 1.165) is 30.0 Å². The van der Waals surface area contributed by atoms with Crippen LogP contribution in [0.25, 0.3) is 11.1 Å². The first-order valence-corrected chi connectivity index (χ1v) is 13.9. The van der Waals surface area contributed by atoms with E-state index < -0.39 is 17.8 Å². The summed E-state index contributed by atoms with van der Waals surface area (Å²) in [5.74, 6) is 1.46. The summed E-state index contributed by atoms with van der Waals surface area (Å²) in [4.78, 5) is 11.7. The van der Waals surface area contributed by atoms with Crippen molar-refractivity contribution in [2.24, 2.45) is 0 Å².